The number of alkyl halides is 3. The molecule has 0 spiro atoms. The summed E-state index contributed by atoms with van der Waals surface area (Å²) < 4.78 is 45.2. The van der Waals surface area contributed by atoms with Gasteiger partial charge in [0.05, 0.1) is 11.3 Å². The van der Waals surface area contributed by atoms with E-state index in [-0.39, 0.29) is 30.5 Å². The Bertz CT molecular complexity index is 734. The Kier molecular flexibility index (Phi) is 5.29. The highest BCUT2D eigenvalue weighted by Crippen LogP contribution is 2.36. The van der Waals surface area contributed by atoms with Crippen LogP contribution < -0.4 is 5.32 Å². The monoisotopic (exact) mass is 368 g/mol. The molecule has 0 saturated heterocycles. The Balaban J connectivity index is 1.77. The zero-order valence-corrected chi connectivity index (χ0v) is 14.1. The van der Waals surface area contributed by atoms with Crippen molar-refractivity contribution >= 4 is 23.2 Å². The first-order valence-electron chi connectivity index (χ1n) is 8.49. The summed E-state index contributed by atoms with van der Waals surface area (Å²) in [5.74, 6) is -0.0832. The minimum atomic E-state index is -4.52. The van der Waals surface area contributed by atoms with E-state index in [1.807, 2.05) is 0 Å². The molecular weight excluding hydrogens is 349 g/mol. The molecule has 5 nitrogen and oxygen atoms in total. The van der Waals surface area contributed by atoms with Gasteiger partial charge in [-0.15, -0.1) is 0 Å². The molecule has 0 amide bonds. The Morgan fingerprint density at radius 3 is 2.54 bits per heavy atom. The van der Waals surface area contributed by atoms with Crippen LogP contribution in [-0.2, 0) is 20.5 Å². The van der Waals surface area contributed by atoms with Gasteiger partial charge < -0.3 is 10.1 Å². The van der Waals surface area contributed by atoms with Gasteiger partial charge in [0.2, 0.25) is 0 Å². The van der Waals surface area contributed by atoms with Crippen molar-refractivity contribution in [1.29, 1.82) is 0 Å². The molecule has 0 unspecified atom stereocenters. The molecule has 26 heavy (non-hydrogen) atoms. The number of rotatable bonds is 4. The number of benzene rings is 1. The molecule has 1 heterocycles. The predicted octanol–water partition coefficient (Wildman–Crippen LogP) is 3.22. The number of esters is 1. The number of anilines is 1. The zero-order chi connectivity index (χ0) is 18.7. The first-order chi connectivity index (χ1) is 12.3. The number of nitrogens with one attached hydrogen (secondary N) is 1. The van der Waals surface area contributed by atoms with E-state index in [0.717, 1.165) is 6.07 Å². The van der Waals surface area contributed by atoms with Crippen molar-refractivity contribution in [3.05, 3.63) is 29.3 Å². The molecule has 1 aromatic carbocycles. The number of ether oxygens (including phenoxy) is 1. The third kappa shape index (κ3) is 4.42. The maximum absolute atomic E-state index is 13.5. The zero-order valence-electron chi connectivity index (χ0n) is 14.1. The molecule has 0 aromatic heterocycles. The van der Waals surface area contributed by atoms with E-state index in [1.165, 1.54) is 6.07 Å². The van der Waals surface area contributed by atoms with Crippen LogP contribution in [0.2, 0.25) is 0 Å². The summed E-state index contributed by atoms with van der Waals surface area (Å²) in [6, 6.07) is 3.95. The Morgan fingerprint density at radius 1 is 1.19 bits per heavy atom. The highest BCUT2D eigenvalue weighted by Gasteiger charge is 2.34. The van der Waals surface area contributed by atoms with Crippen molar-refractivity contribution < 1.29 is 27.5 Å². The summed E-state index contributed by atoms with van der Waals surface area (Å²) >= 11 is 0. The second-order valence-electron chi connectivity index (χ2n) is 6.54. The summed E-state index contributed by atoms with van der Waals surface area (Å²) in [7, 11) is 0. The number of halogens is 3. The molecule has 1 aliphatic heterocycles. The van der Waals surface area contributed by atoms with Crippen LogP contribution in [0.5, 0.6) is 0 Å². The predicted molar refractivity (Wildman–Crippen MR) is 89.3 cm³/mol. The molecule has 8 heteroatoms. The summed E-state index contributed by atoms with van der Waals surface area (Å²) in [5.41, 5.74) is -0.154. The maximum Gasteiger partial charge on any atom is 0.418 e. The Hall–Kier alpha value is -2.38. The lowest BCUT2D eigenvalue weighted by atomic mass is 9.88. The van der Waals surface area contributed by atoms with Gasteiger partial charge in [-0.25, -0.2) is 0 Å². The van der Waals surface area contributed by atoms with Crippen LogP contribution in [0.1, 0.15) is 36.8 Å². The van der Waals surface area contributed by atoms with Gasteiger partial charge in [0.1, 0.15) is 18.9 Å². The molecule has 3 rings (SSSR count). The van der Waals surface area contributed by atoms with Crippen LogP contribution in [0.25, 0.3) is 0 Å². The van der Waals surface area contributed by atoms with Crippen LogP contribution in [0, 0.1) is 5.92 Å². The molecule has 1 N–H and O–H groups in total. The second kappa shape index (κ2) is 7.47. The molecule has 1 fully saturated rings. The lowest BCUT2D eigenvalue weighted by Crippen LogP contribution is -2.24. The van der Waals surface area contributed by atoms with Gasteiger partial charge in [-0.1, -0.05) is 6.07 Å². The molecule has 140 valence electrons. The van der Waals surface area contributed by atoms with Crippen molar-refractivity contribution in [3.63, 3.8) is 0 Å². The maximum atomic E-state index is 13.5. The minimum absolute atomic E-state index is 0.00607. The number of ketones is 1. The van der Waals surface area contributed by atoms with E-state index in [1.54, 1.807) is 6.07 Å². The SMILES string of the molecule is O=C1CCC(CNc2ccc(C3=NCC(=O)OC3)cc2C(F)(F)F)CC1. The molecule has 0 bridgehead atoms. The number of aliphatic imine (C=N–C) groups is 1. The highest BCUT2D eigenvalue weighted by atomic mass is 19.4. The summed E-state index contributed by atoms with van der Waals surface area (Å²) in [6.45, 7) is 0.0877. The minimum Gasteiger partial charge on any atom is -0.458 e. The van der Waals surface area contributed by atoms with Gasteiger partial charge in [-0.2, -0.15) is 13.2 Å². The fourth-order valence-electron chi connectivity index (χ4n) is 3.15. The second-order valence-corrected chi connectivity index (χ2v) is 6.54. The Morgan fingerprint density at radius 2 is 1.92 bits per heavy atom. The number of nitrogens with zero attached hydrogens (tertiary/aromatic N) is 1. The fourth-order valence-corrected chi connectivity index (χ4v) is 3.15. The van der Waals surface area contributed by atoms with Crippen molar-refractivity contribution in [2.75, 3.05) is 25.0 Å². The summed E-state index contributed by atoms with van der Waals surface area (Å²) in [6.07, 6.45) is -2.13. The number of hydrogen-bond acceptors (Lipinski definition) is 5. The lowest BCUT2D eigenvalue weighted by molar-refractivity contribution is -0.141. The highest BCUT2D eigenvalue weighted by molar-refractivity contribution is 6.04. The van der Waals surface area contributed by atoms with Crippen molar-refractivity contribution in [2.24, 2.45) is 10.9 Å². The molecule has 1 saturated carbocycles. The lowest BCUT2D eigenvalue weighted by Gasteiger charge is -2.23. The summed E-state index contributed by atoms with van der Waals surface area (Å²) in [4.78, 5) is 26.3. The topological polar surface area (TPSA) is 67.8 Å². The van der Waals surface area contributed by atoms with E-state index in [2.05, 4.69) is 10.3 Å². The average molecular weight is 368 g/mol. The molecule has 0 radical (unpaired) electrons. The van der Waals surface area contributed by atoms with Gasteiger partial charge in [0, 0.05) is 25.1 Å². The third-order valence-electron chi connectivity index (χ3n) is 4.67. The smallest absolute Gasteiger partial charge is 0.418 e. The number of hydrogen-bond donors (Lipinski definition) is 1. The van der Waals surface area contributed by atoms with E-state index in [9.17, 15) is 22.8 Å². The largest absolute Gasteiger partial charge is 0.458 e. The molecule has 2 aliphatic rings. The summed E-state index contributed by atoms with van der Waals surface area (Å²) in [5, 5.41) is 2.89. The van der Waals surface area contributed by atoms with Crippen molar-refractivity contribution in [1.82, 2.24) is 0 Å². The van der Waals surface area contributed by atoms with E-state index in [0.29, 0.717) is 43.5 Å². The van der Waals surface area contributed by atoms with Gasteiger partial charge in [-0.05, 0) is 36.5 Å². The average Bonchev–Trinajstić information content (AvgIpc) is 2.61. The van der Waals surface area contributed by atoms with Crippen LogP contribution in [0.4, 0.5) is 18.9 Å². The molecular formula is C18H19F3N2O3. The van der Waals surface area contributed by atoms with E-state index < -0.39 is 17.7 Å². The van der Waals surface area contributed by atoms with Crippen LogP contribution >= 0.6 is 0 Å². The number of carbonyl (C=O) groups is 2. The van der Waals surface area contributed by atoms with Crippen molar-refractivity contribution in [3.8, 4) is 0 Å². The first kappa shape index (κ1) is 18.4. The number of Topliss-reactive ketones (excluding diaryl/α,β-unsaturated/α-hetero) is 1. The van der Waals surface area contributed by atoms with Crippen molar-refractivity contribution in [2.45, 2.75) is 31.9 Å². The Labute approximate surface area is 148 Å². The van der Waals surface area contributed by atoms with Gasteiger partial charge in [0.15, 0.2) is 0 Å². The molecule has 1 aliphatic carbocycles. The number of carbonyl (C=O) groups excluding carboxylic acids is 2. The van der Waals surface area contributed by atoms with Crippen LogP contribution in [0.15, 0.2) is 23.2 Å². The van der Waals surface area contributed by atoms with Crippen LogP contribution in [-0.4, -0.2) is 37.2 Å². The van der Waals surface area contributed by atoms with E-state index >= 15 is 0 Å². The third-order valence-corrected chi connectivity index (χ3v) is 4.67. The fraction of sp³-hybridized carbons (Fsp3) is 0.500. The number of cyclic esters (lactones) is 1. The van der Waals surface area contributed by atoms with Crippen LogP contribution in [0.3, 0.4) is 0 Å². The van der Waals surface area contributed by atoms with Gasteiger partial charge in [-0.3, -0.25) is 14.6 Å². The van der Waals surface area contributed by atoms with Gasteiger partial charge in [0.25, 0.3) is 0 Å². The standard InChI is InChI=1S/C18H19F3N2O3/c19-18(20,21)14-7-12(16-10-26-17(25)9-23-16)3-6-15(14)22-8-11-1-4-13(24)5-2-11/h3,6-7,11,22H,1-2,4-5,8-10H2. The first-order valence-corrected chi connectivity index (χ1v) is 8.49. The van der Waals surface area contributed by atoms with E-state index in [4.69, 9.17) is 4.74 Å². The molecule has 0 atom stereocenters. The van der Waals surface area contributed by atoms with Gasteiger partial charge >= 0.3 is 12.1 Å². The quantitative estimate of drug-likeness (QED) is 0.829. The normalized spacial score (nSPS) is 19.1. The molecule has 1 aromatic rings.